The van der Waals surface area contributed by atoms with Crippen LogP contribution in [0.5, 0.6) is 5.75 Å². The lowest BCUT2D eigenvalue weighted by Crippen LogP contribution is -2.35. The molecule has 0 atom stereocenters. The molecule has 2 heterocycles. The molecule has 1 aromatic heterocycles. The summed E-state index contributed by atoms with van der Waals surface area (Å²) in [4.78, 5) is 31.3. The number of hydrogen-bond donors (Lipinski definition) is 1. The van der Waals surface area contributed by atoms with Crippen LogP contribution in [0.15, 0.2) is 48.5 Å². The Hall–Kier alpha value is -3.45. The molecular weight excluding hydrogens is 398 g/mol. The van der Waals surface area contributed by atoms with Gasteiger partial charge in [0.25, 0.3) is 5.91 Å². The molecule has 152 valence electrons. The maximum absolute atomic E-state index is 12.3. The van der Waals surface area contributed by atoms with Crippen molar-refractivity contribution < 1.29 is 14.3 Å². The van der Waals surface area contributed by atoms with Crippen molar-refractivity contribution in [3.63, 3.8) is 0 Å². The molecular formula is C23H21N3O3S. The van der Waals surface area contributed by atoms with E-state index in [1.165, 1.54) is 23.0 Å². The zero-order chi connectivity index (χ0) is 21.3. The van der Waals surface area contributed by atoms with Crippen LogP contribution in [0, 0.1) is 13.8 Å². The summed E-state index contributed by atoms with van der Waals surface area (Å²) < 4.78 is 5.48. The molecule has 0 bridgehead atoms. The maximum Gasteiger partial charge on any atom is 0.264 e. The van der Waals surface area contributed by atoms with Gasteiger partial charge in [0.05, 0.1) is 11.4 Å². The van der Waals surface area contributed by atoms with Crippen molar-refractivity contribution >= 4 is 40.0 Å². The van der Waals surface area contributed by atoms with Gasteiger partial charge < -0.3 is 9.64 Å². The molecule has 2 amide bonds. The van der Waals surface area contributed by atoms with Crippen LogP contribution in [-0.2, 0) is 9.59 Å². The number of benzene rings is 2. The molecule has 0 radical (unpaired) electrons. The molecule has 0 fully saturated rings. The van der Waals surface area contributed by atoms with Gasteiger partial charge in [-0.05, 0) is 43.7 Å². The number of carbonyl (C=O) groups excluding carboxylic acids is 2. The molecule has 6 nitrogen and oxygen atoms in total. The first kappa shape index (κ1) is 19.8. The normalized spacial score (nSPS) is 13.3. The van der Waals surface area contributed by atoms with Crippen LogP contribution in [0.1, 0.15) is 16.0 Å². The Bertz CT molecular complexity index is 1150. The molecule has 7 heteroatoms. The summed E-state index contributed by atoms with van der Waals surface area (Å²) in [6.45, 7) is 4.02. The minimum absolute atomic E-state index is 0.0465. The van der Waals surface area contributed by atoms with Gasteiger partial charge in [0.2, 0.25) is 5.91 Å². The fourth-order valence-electron chi connectivity index (χ4n) is 3.13. The lowest BCUT2D eigenvalue weighted by molar-refractivity contribution is -0.121. The van der Waals surface area contributed by atoms with Crippen molar-refractivity contribution in [2.75, 3.05) is 23.9 Å². The van der Waals surface area contributed by atoms with Gasteiger partial charge in [-0.1, -0.05) is 29.8 Å². The lowest BCUT2D eigenvalue weighted by atomic mass is 10.1. The number of fused-ring (bicyclic) bond motifs is 1. The van der Waals surface area contributed by atoms with Crippen molar-refractivity contribution in [3.05, 3.63) is 64.5 Å². The highest BCUT2D eigenvalue weighted by Gasteiger charge is 2.23. The predicted molar refractivity (Wildman–Crippen MR) is 120 cm³/mol. The molecule has 0 saturated carbocycles. The topological polar surface area (TPSA) is 71.5 Å². The van der Waals surface area contributed by atoms with E-state index in [0.29, 0.717) is 16.6 Å². The summed E-state index contributed by atoms with van der Waals surface area (Å²) in [6.07, 6.45) is 3.27. The number of nitrogens with zero attached hydrogens (tertiary/aromatic N) is 2. The Morgan fingerprint density at radius 1 is 1.20 bits per heavy atom. The number of ether oxygens (including phenoxy) is 1. The molecule has 4 rings (SSSR count). The van der Waals surface area contributed by atoms with Crippen molar-refractivity contribution in [1.29, 1.82) is 0 Å². The van der Waals surface area contributed by atoms with Crippen LogP contribution in [0.25, 0.3) is 17.3 Å². The molecule has 3 aromatic rings. The van der Waals surface area contributed by atoms with Crippen molar-refractivity contribution in [2.45, 2.75) is 13.8 Å². The van der Waals surface area contributed by atoms with Crippen LogP contribution >= 0.6 is 11.3 Å². The van der Waals surface area contributed by atoms with E-state index in [1.54, 1.807) is 18.0 Å². The van der Waals surface area contributed by atoms with Crippen LogP contribution < -0.4 is 15.0 Å². The monoisotopic (exact) mass is 419 g/mol. The van der Waals surface area contributed by atoms with Gasteiger partial charge in [-0.2, -0.15) is 0 Å². The number of likely N-dealkylation sites (N-methyl/N-ethyl adjacent to an activating group) is 1. The smallest absolute Gasteiger partial charge is 0.264 e. The second kappa shape index (κ2) is 8.12. The molecule has 1 aliphatic rings. The van der Waals surface area contributed by atoms with Crippen molar-refractivity contribution in [1.82, 2.24) is 4.98 Å². The summed E-state index contributed by atoms with van der Waals surface area (Å²) in [6, 6.07) is 13.6. The van der Waals surface area contributed by atoms with E-state index in [1.807, 2.05) is 56.3 Å². The minimum atomic E-state index is -0.236. The molecule has 2 aromatic carbocycles. The van der Waals surface area contributed by atoms with Crippen LogP contribution in [0.2, 0.25) is 0 Å². The molecule has 0 unspecified atom stereocenters. The van der Waals surface area contributed by atoms with E-state index in [0.717, 1.165) is 21.7 Å². The molecule has 0 saturated heterocycles. The van der Waals surface area contributed by atoms with E-state index in [4.69, 9.17) is 4.74 Å². The van der Waals surface area contributed by atoms with Gasteiger partial charge in [0.15, 0.2) is 11.7 Å². The first-order valence-electron chi connectivity index (χ1n) is 9.47. The van der Waals surface area contributed by atoms with E-state index in [2.05, 4.69) is 10.3 Å². The second-order valence-electron chi connectivity index (χ2n) is 7.08. The third-order valence-electron chi connectivity index (χ3n) is 4.85. The zero-order valence-corrected chi connectivity index (χ0v) is 17.7. The maximum atomic E-state index is 12.3. The number of thiazole rings is 1. The van der Waals surface area contributed by atoms with Gasteiger partial charge in [0, 0.05) is 23.6 Å². The number of aryl methyl sites for hydroxylation is 2. The number of nitrogens with one attached hydrogen (secondary N) is 1. The van der Waals surface area contributed by atoms with Crippen molar-refractivity contribution in [3.8, 4) is 17.0 Å². The van der Waals surface area contributed by atoms with E-state index in [9.17, 15) is 9.59 Å². The molecule has 0 aliphatic carbocycles. The van der Waals surface area contributed by atoms with Crippen LogP contribution in [0.3, 0.4) is 0 Å². The third kappa shape index (κ3) is 4.11. The highest BCUT2D eigenvalue weighted by molar-refractivity contribution is 7.16. The fourth-order valence-corrected chi connectivity index (χ4v) is 3.97. The number of aromatic nitrogens is 1. The largest absolute Gasteiger partial charge is 0.482 e. The Labute approximate surface area is 178 Å². The van der Waals surface area contributed by atoms with E-state index < -0.39 is 0 Å². The number of amides is 2. The standard InChI is InChI=1S/C23H21N3O3S/c1-14-4-6-16(7-5-14)8-11-20(27)24-23-25-22(15(2)30-23)17-9-10-19-18(12-17)26(3)21(28)13-29-19/h4-12H,13H2,1-3H3,(H,24,25,27)/b11-8+. The third-order valence-corrected chi connectivity index (χ3v) is 5.74. The first-order chi connectivity index (χ1) is 14.4. The average Bonchev–Trinajstić information content (AvgIpc) is 3.10. The highest BCUT2D eigenvalue weighted by atomic mass is 32.1. The van der Waals surface area contributed by atoms with Crippen molar-refractivity contribution in [2.24, 2.45) is 0 Å². The highest BCUT2D eigenvalue weighted by Crippen LogP contribution is 2.37. The molecule has 30 heavy (non-hydrogen) atoms. The van der Waals surface area contributed by atoms with Crippen LogP contribution in [0.4, 0.5) is 10.8 Å². The van der Waals surface area contributed by atoms with Crippen LogP contribution in [-0.4, -0.2) is 30.5 Å². The second-order valence-corrected chi connectivity index (χ2v) is 8.28. The van der Waals surface area contributed by atoms with Gasteiger partial charge in [-0.15, -0.1) is 11.3 Å². The minimum Gasteiger partial charge on any atom is -0.482 e. The average molecular weight is 420 g/mol. The summed E-state index contributed by atoms with van der Waals surface area (Å²) in [5, 5.41) is 3.35. The Balaban J connectivity index is 1.52. The molecule has 1 N–H and O–H groups in total. The summed E-state index contributed by atoms with van der Waals surface area (Å²) in [5.41, 5.74) is 4.48. The summed E-state index contributed by atoms with van der Waals surface area (Å²) in [7, 11) is 1.73. The Morgan fingerprint density at radius 2 is 1.97 bits per heavy atom. The number of hydrogen-bond acceptors (Lipinski definition) is 5. The number of anilines is 2. The quantitative estimate of drug-likeness (QED) is 0.635. The van der Waals surface area contributed by atoms with Gasteiger partial charge in [-0.25, -0.2) is 4.98 Å². The summed E-state index contributed by atoms with van der Waals surface area (Å²) in [5.74, 6) is 0.339. The summed E-state index contributed by atoms with van der Waals surface area (Å²) >= 11 is 1.41. The lowest BCUT2D eigenvalue weighted by Gasteiger charge is -2.26. The fraction of sp³-hybridized carbons (Fsp3) is 0.174. The molecule has 1 aliphatic heterocycles. The van der Waals surface area contributed by atoms with Gasteiger partial charge in [-0.3, -0.25) is 14.9 Å². The van der Waals surface area contributed by atoms with Gasteiger partial charge in [0.1, 0.15) is 5.75 Å². The van der Waals surface area contributed by atoms with E-state index in [-0.39, 0.29) is 18.4 Å². The number of rotatable bonds is 4. The Kier molecular flexibility index (Phi) is 5.37. The number of carbonyl (C=O) groups is 2. The van der Waals surface area contributed by atoms with E-state index >= 15 is 0 Å². The Morgan fingerprint density at radius 3 is 2.73 bits per heavy atom. The zero-order valence-electron chi connectivity index (χ0n) is 16.9. The van der Waals surface area contributed by atoms with Gasteiger partial charge >= 0.3 is 0 Å². The molecule has 0 spiro atoms. The first-order valence-corrected chi connectivity index (χ1v) is 10.3. The predicted octanol–water partition coefficient (Wildman–Crippen LogP) is 4.43. The SMILES string of the molecule is Cc1ccc(/C=C/C(=O)Nc2nc(-c3ccc4c(c3)N(C)C(=O)CO4)c(C)s2)cc1.